The standard InChI is InChI=1S/C18H21ClIN/c1-3-11-21-17(12-14-7-9-15(19)10-8-14)16-6-4-5-13(2)18(16)20/h4-10,17,21H,3,11-12H2,1-2H3. The predicted octanol–water partition coefficient (Wildman–Crippen LogP) is 5.54. The molecule has 1 atom stereocenters. The van der Waals surface area contributed by atoms with Crippen molar-refractivity contribution >= 4 is 34.2 Å². The number of hydrogen-bond donors (Lipinski definition) is 1. The zero-order valence-electron chi connectivity index (χ0n) is 12.5. The SMILES string of the molecule is CCCNC(Cc1ccc(Cl)cc1)c1cccc(C)c1I. The fraction of sp³-hybridized carbons (Fsp3) is 0.333. The number of rotatable bonds is 6. The summed E-state index contributed by atoms with van der Waals surface area (Å²) >= 11 is 8.44. The molecule has 2 aromatic rings. The first kappa shape index (κ1) is 16.8. The fourth-order valence-electron chi connectivity index (χ4n) is 2.41. The molecule has 0 heterocycles. The van der Waals surface area contributed by atoms with E-state index in [1.807, 2.05) is 12.1 Å². The normalized spacial score (nSPS) is 12.4. The number of benzene rings is 2. The van der Waals surface area contributed by atoms with Gasteiger partial charge in [-0.3, -0.25) is 0 Å². The number of hydrogen-bond acceptors (Lipinski definition) is 1. The van der Waals surface area contributed by atoms with Gasteiger partial charge in [0.25, 0.3) is 0 Å². The zero-order chi connectivity index (χ0) is 15.2. The second-order valence-corrected chi connectivity index (χ2v) is 6.83. The Morgan fingerprint density at radius 1 is 1.14 bits per heavy atom. The van der Waals surface area contributed by atoms with E-state index in [0.29, 0.717) is 6.04 Å². The lowest BCUT2D eigenvalue weighted by Gasteiger charge is -2.21. The van der Waals surface area contributed by atoms with E-state index in [1.54, 1.807) is 0 Å². The first-order valence-corrected chi connectivity index (χ1v) is 8.80. The molecule has 21 heavy (non-hydrogen) atoms. The Bertz CT molecular complexity index is 580. The Balaban J connectivity index is 2.25. The molecule has 3 heteroatoms. The number of nitrogens with one attached hydrogen (secondary N) is 1. The molecule has 2 aromatic carbocycles. The summed E-state index contributed by atoms with van der Waals surface area (Å²) < 4.78 is 1.36. The van der Waals surface area contributed by atoms with E-state index >= 15 is 0 Å². The lowest BCUT2D eigenvalue weighted by atomic mass is 9.97. The first-order valence-electron chi connectivity index (χ1n) is 7.34. The Morgan fingerprint density at radius 3 is 2.52 bits per heavy atom. The van der Waals surface area contributed by atoms with Crippen molar-refractivity contribution in [3.05, 3.63) is 67.7 Å². The van der Waals surface area contributed by atoms with Crippen LogP contribution in [-0.4, -0.2) is 6.54 Å². The van der Waals surface area contributed by atoms with E-state index in [9.17, 15) is 0 Å². The lowest BCUT2D eigenvalue weighted by Crippen LogP contribution is -2.25. The van der Waals surface area contributed by atoms with Gasteiger partial charge in [-0.25, -0.2) is 0 Å². The van der Waals surface area contributed by atoms with Gasteiger partial charge < -0.3 is 5.32 Å². The predicted molar refractivity (Wildman–Crippen MR) is 100 cm³/mol. The Labute approximate surface area is 146 Å². The summed E-state index contributed by atoms with van der Waals surface area (Å²) in [4.78, 5) is 0. The van der Waals surface area contributed by atoms with Crippen molar-refractivity contribution in [2.45, 2.75) is 32.7 Å². The molecule has 0 aliphatic heterocycles. The Kier molecular flexibility index (Phi) is 6.52. The quantitative estimate of drug-likeness (QED) is 0.613. The third kappa shape index (κ3) is 4.70. The molecule has 0 aliphatic rings. The summed E-state index contributed by atoms with van der Waals surface area (Å²) in [6, 6.07) is 15.1. The van der Waals surface area contributed by atoms with E-state index in [-0.39, 0.29) is 0 Å². The van der Waals surface area contributed by atoms with E-state index in [4.69, 9.17) is 11.6 Å². The van der Waals surface area contributed by atoms with Crippen molar-refractivity contribution in [2.75, 3.05) is 6.54 Å². The van der Waals surface area contributed by atoms with Crippen LogP contribution in [0.3, 0.4) is 0 Å². The maximum Gasteiger partial charge on any atom is 0.0406 e. The smallest absolute Gasteiger partial charge is 0.0406 e. The highest BCUT2D eigenvalue weighted by Gasteiger charge is 2.15. The Hall–Kier alpha value is -0.580. The van der Waals surface area contributed by atoms with Crippen molar-refractivity contribution in [2.24, 2.45) is 0 Å². The molecule has 2 rings (SSSR count). The molecule has 0 aliphatic carbocycles. The number of aryl methyl sites for hydroxylation is 1. The van der Waals surface area contributed by atoms with E-state index in [2.05, 4.69) is 72.1 Å². The maximum atomic E-state index is 5.98. The summed E-state index contributed by atoms with van der Waals surface area (Å²) in [7, 11) is 0. The van der Waals surface area contributed by atoms with Crippen LogP contribution < -0.4 is 5.32 Å². The Morgan fingerprint density at radius 2 is 1.86 bits per heavy atom. The molecule has 0 aromatic heterocycles. The van der Waals surface area contributed by atoms with Crippen LogP contribution in [0.1, 0.15) is 36.1 Å². The lowest BCUT2D eigenvalue weighted by molar-refractivity contribution is 0.527. The fourth-order valence-corrected chi connectivity index (χ4v) is 3.27. The van der Waals surface area contributed by atoms with Crippen LogP contribution in [0, 0.1) is 10.5 Å². The highest BCUT2D eigenvalue weighted by molar-refractivity contribution is 14.1. The van der Waals surface area contributed by atoms with Gasteiger partial charge in [0, 0.05) is 14.6 Å². The van der Waals surface area contributed by atoms with Crippen molar-refractivity contribution in [3.63, 3.8) is 0 Å². The maximum absolute atomic E-state index is 5.98. The van der Waals surface area contributed by atoms with Gasteiger partial charge in [0.1, 0.15) is 0 Å². The molecule has 112 valence electrons. The van der Waals surface area contributed by atoms with Gasteiger partial charge >= 0.3 is 0 Å². The van der Waals surface area contributed by atoms with Gasteiger partial charge in [0.05, 0.1) is 0 Å². The molecule has 0 fully saturated rings. The van der Waals surface area contributed by atoms with Gasteiger partial charge in [-0.1, -0.05) is 48.9 Å². The largest absolute Gasteiger partial charge is 0.310 e. The average Bonchev–Trinajstić information content (AvgIpc) is 2.48. The van der Waals surface area contributed by atoms with E-state index in [0.717, 1.165) is 24.4 Å². The first-order chi connectivity index (χ1) is 10.1. The third-order valence-corrected chi connectivity index (χ3v) is 5.32. The van der Waals surface area contributed by atoms with Crippen LogP contribution in [0.4, 0.5) is 0 Å². The van der Waals surface area contributed by atoms with Gasteiger partial charge in [-0.05, 0) is 77.7 Å². The van der Waals surface area contributed by atoms with Gasteiger partial charge in [-0.2, -0.15) is 0 Å². The van der Waals surface area contributed by atoms with E-state index < -0.39 is 0 Å². The molecule has 0 bridgehead atoms. The number of halogens is 2. The average molecular weight is 414 g/mol. The summed E-state index contributed by atoms with van der Waals surface area (Å²) in [5, 5.41) is 4.47. The summed E-state index contributed by atoms with van der Waals surface area (Å²) in [5.41, 5.74) is 4.04. The summed E-state index contributed by atoms with van der Waals surface area (Å²) in [6.07, 6.45) is 2.12. The van der Waals surface area contributed by atoms with Crippen LogP contribution in [-0.2, 0) is 6.42 Å². The van der Waals surface area contributed by atoms with Crippen molar-refractivity contribution in [3.8, 4) is 0 Å². The van der Waals surface area contributed by atoms with Crippen LogP contribution in [0.5, 0.6) is 0 Å². The highest BCUT2D eigenvalue weighted by atomic mass is 127. The van der Waals surface area contributed by atoms with Gasteiger partial charge in [0.15, 0.2) is 0 Å². The molecule has 0 amide bonds. The van der Waals surface area contributed by atoms with Crippen LogP contribution in [0.25, 0.3) is 0 Å². The molecule has 0 saturated carbocycles. The molecular formula is C18H21ClIN. The van der Waals surface area contributed by atoms with Gasteiger partial charge in [-0.15, -0.1) is 0 Å². The van der Waals surface area contributed by atoms with Gasteiger partial charge in [0.2, 0.25) is 0 Å². The van der Waals surface area contributed by atoms with Crippen molar-refractivity contribution in [1.82, 2.24) is 5.32 Å². The minimum Gasteiger partial charge on any atom is -0.310 e. The molecule has 1 N–H and O–H groups in total. The zero-order valence-corrected chi connectivity index (χ0v) is 15.4. The third-order valence-electron chi connectivity index (χ3n) is 3.59. The monoisotopic (exact) mass is 413 g/mol. The summed E-state index contributed by atoms with van der Waals surface area (Å²) in [6.45, 7) is 5.40. The molecular weight excluding hydrogens is 393 g/mol. The van der Waals surface area contributed by atoms with Crippen LogP contribution in [0.2, 0.25) is 5.02 Å². The summed E-state index contributed by atoms with van der Waals surface area (Å²) in [5.74, 6) is 0. The topological polar surface area (TPSA) is 12.0 Å². The molecule has 0 radical (unpaired) electrons. The van der Waals surface area contributed by atoms with Crippen LogP contribution in [0.15, 0.2) is 42.5 Å². The molecule has 1 nitrogen and oxygen atoms in total. The van der Waals surface area contributed by atoms with Crippen LogP contribution >= 0.6 is 34.2 Å². The second-order valence-electron chi connectivity index (χ2n) is 5.32. The molecule has 0 spiro atoms. The minimum absolute atomic E-state index is 0.345. The second kappa shape index (κ2) is 8.16. The van der Waals surface area contributed by atoms with E-state index in [1.165, 1.54) is 20.3 Å². The van der Waals surface area contributed by atoms with Crippen molar-refractivity contribution in [1.29, 1.82) is 0 Å². The molecule has 0 saturated heterocycles. The minimum atomic E-state index is 0.345. The highest BCUT2D eigenvalue weighted by Crippen LogP contribution is 2.26. The molecule has 1 unspecified atom stereocenters. The van der Waals surface area contributed by atoms with Crippen molar-refractivity contribution < 1.29 is 0 Å².